The van der Waals surface area contributed by atoms with E-state index in [9.17, 15) is 0 Å². The van der Waals surface area contributed by atoms with E-state index < -0.39 is 0 Å². The minimum atomic E-state index is 0.809. The third kappa shape index (κ3) is 3.69. The highest BCUT2D eigenvalue weighted by Gasteiger charge is 2.37. The number of fused-ring (bicyclic) bond motifs is 1. The quantitative estimate of drug-likeness (QED) is 0.686. The Labute approximate surface area is 107 Å². The van der Waals surface area contributed by atoms with Gasteiger partial charge in [-0.25, -0.2) is 0 Å². The topological polar surface area (TPSA) is 15.3 Å². The van der Waals surface area contributed by atoms with Gasteiger partial charge in [-0.3, -0.25) is 0 Å². The summed E-state index contributed by atoms with van der Waals surface area (Å²) in [5.41, 5.74) is 0. The number of hydrogen-bond donors (Lipinski definition) is 1. The summed E-state index contributed by atoms with van der Waals surface area (Å²) in [7, 11) is 0. The highest BCUT2D eigenvalue weighted by atomic mass is 15.2. The summed E-state index contributed by atoms with van der Waals surface area (Å²) in [4.78, 5) is 2.76. The lowest BCUT2D eigenvalue weighted by atomic mass is 10.0. The monoisotopic (exact) mass is 238 g/mol. The predicted molar refractivity (Wildman–Crippen MR) is 74.3 cm³/mol. The highest BCUT2D eigenvalue weighted by molar-refractivity contribution is 4.90. The molecule has 3 unspecified atom stereocenters. The van der Waals surface area contributed by atoms with Crippen LogP contribution >= 0.6 is 0 Å². The average Bonchev–Trinajstić information content (AvgIpc) is 2.88. The second-order valence-corrected chi connectivity index (χ2v) is 6.15. The fourth-order valence-electron chi connectivity index (χ4n) is 3.64. The van der Waals surface area contributed by atoms with Crippen molar-refractivity contribution in [3.8, 4) is 0 Å². The van der Waals surface area contributed by atoms with Gasteiger partial charge >= 0.3 is 0 Å². The van der Waals surface area contributed by atoms with Crippen molar-refractivity contribution in [2.24, 2.45) is 11.8 Å². The molecule has 0 amide bonds. The van der Waals surface area contributed by atoms with E-state index in [2.05, 4.69) is 24.1 Å². The number of likely N-dealkylation sites (tertiary alicyclic amines) is 1. The van der Waals surface area contributed by atoms with E-state index in [1.807, 2.05) is 0 Å². The van der Waals surface area contributed by atoms with E-state index >= 15 is 0 Å². The van der Waals surface area contributed by atoms with Gasteiger partial charge < -0.3 is 10.2 Å². The van der Waals surface area contributed by atoms with E-state index in [4.69, 9.17) is 0 Å². The number of nitrogens with one attached hydrogen (secondary N) is 1. The molecule has 1 saturated carbocycles. The van der Waals surface area contributed by atoms with Gasteiger partial charge in [0.25, 0.3) is 0 Å². The van der Waals surface area contributed by atoms with Gasteiger partial charge in [-0.2, -0.15) is 0 Å². The third-order valence-electron chi connectivity index (χ3n) is 4.78. The minimum Gasteiger partial charge on any atom is -0.317 e. The Morgan fingerprint density at radius 3 is 2.53 bits per heavy atom. The first kappa shape index (κ1) is 13.4. The van der Waals surface area contributed by atoms with Crippen molar-refractivity contribution in [1.82, 2.24) is 10.2 Å². The Bertz CT molecular complexity index is 205. The maximum atomic E-state index is 3.50. The molecule has 1 aliphatic carbocycles. The van der Waals surface area contributed by atoms with Crippen LogP contribution in [0.25, 0.3) is 0 Å². The predicted octanol–water partition coefficient (Wildman–Crippen LogP) is 2.89. The summed E-state index contributed by atoms with van der Waals surface area (Å²) in [6.07, 6.45) is 8.48. The first-order valence-electron chi connectivity index (χ1n) is 7.76. The van der Waals surface area contributed by atoms with Crippen molar-refractivity contribution in [1.29, 1.82) is 0 Å². The first-order chi connectivity index (χ1) is 8.31. The minimum absolute atomic E-state index is 0.809. The second kappa shape index (κ2) is 6.75. The molecule has 1 saturated heterocycles. The van der Waals surface area contributed by atoms with Crippen LogP contribution in [-0.4, -0.2) is 37.1 Å². The molecule has 0 radical (unpaired) electrons. The van der Waals surface area contributed by atoms with Crippen LogP contribution in [0.2, 0.25) is 0 Å². The Kier molecular flexibility index (Phi) is 5.30. The molecular formula is C15H30N2. The van der Waals surface area contributed by atoms with Crippen molar-refractivity contribution < 1.29 is 0 Å². The molecule has 100 valence electrons. The molecule has 1 heterocycles. The van der Waals surface area contributed by atoms with Crippen molar-refractivity contribution in [2.75, 3.05) is 26.2 Å². The summed E-state index contributed by atoms with van der Waals surface area (Å²) in [6.45, 7) is 9.85. The highest BCUT2D eigenvalue weighted by Crippen LogP contribution is 2.38. The molecule has 17 heavy (non-hydrogen) atoms. The lowest BCUT2D eigenvalue weighted by Crippen LogP contribution is -2.32. The van der Waals surface area contributed by atoms with Crippen LogP contribution in [0.1, 0.15) is 52.4 Å². The molecule has 2 rings (SSSR count). The summed E-state index contributed by atoms with van der Waals surface area (Å²) in [5.74, 6) is 2.10. The van der Waals surface area contributed by atoms with Gasteiger partial charge in [-0.15, -0.1) is 0 Å². The zero-order chi connectivity index (χ0) is 12.1. The van der Waals surface area contributed by atoms with E-state index in [-0.39, 0.29) is 0 Å². The van der Waals surface area contributed by atoms with Crippen molar-refractivity contribution in [2.45, 2.75) is 58.4 Å². The summed E-state index contributed by atoms with van der Waals surface area (Å²) in [6, 6.07) is 0.809. The Morgan fingerprint density at radius 1 is 1.18 bits per heavy atom. The molecule has 2 nitrogen and oxygen atoms in total. The van der Waals surface area contributed by atoms with E-state index in [0.29, 0.717) is 0 Å². The molecular weight excluding hydrogens is 208 g/mol. The third-order valence-corrected chi connectivity index (χ3v) is 4.78. The van der Waals surface area contributed by atoms with Gasteiger partial charge in [0.2, 0.25) is 0 Å². The molecule has 2 fully saturated rings. The summed E-state index contributed by atoms with van der Waals surface area (Å²) < 4.78 is 0. The number of hydrogen-bond acceptors (Lipinski definition) is 2. The number of rotatable bonds is 7. The van der Waals surface area contributed by atoms with Gasteiger partial charge in [0.1, 0.15) is 0 Å². The van der Waals surface area contributed by atoms with E-state index in [0.717, 1.165) is 17.9 Å². The van der Waals surface area contributed by atoms with Crippen molar-refractivity contribution in [3.63, 3.8) is 0 Å². The first-order valence-corrected chi connectivity index (χ1v) is 7.76. The van der Waals surface area contributed by atoms with Crippen LogP contribution in [0.15, 0.2) is 0 Å². The van der Waals surface area contributed by atoms with Crippen molar-refractivity contribution >= 4 is 0 Å². The molecule has 0 aromatic rings. The molecule has 1 N–H and O–H groups in total. The summed E-state index contributed by atoms with van der Waals surface area (Å²) >= 11 is 0. The molecule has 1 aliphatic heterocycles. The molecule has 0 spiro atoms. The molecule has 0 aromatic heterocycles. The molecule has 0 bridgehead atoms. The van der Waals surface area contributed by atoms with Gasteiger partial charge in [0.15, 0.2) is 0 Å². The zero-order valence-electron chi connectivity index (χ0n) is 11.8. The van der Waals surface area contributed by atoms with Crippen LogP contribution in [0, 0.1) is 11.8 Å². The van der Waals surface area contributed by atoms with Crippen LogP contribution in [0.5, 0.6) is 0 Å². The fraction of sp³-hybridized carbons (Fsp3) is 1.00. The van der Waals surface area contributed by atoms with Gasteiger partial charge in [-0.05, 0) is 64.0 Å². The van der Waals surface area contributed by atoms with Gasteiger partial charge in [-0.1, -0.05) is 13.3 Å². The maximum Gasteiger partial charge on any atom is 0.00676 e. The van der Waals surface area contributed by atoms with E-state index in [1.165, 1.54) is 64.7 Å². The van der Waals surface area contributed by atoms with Crippen LogP contribution in [0.4, 0.5) is 0 Å². The SMILES string of the molecule is CCCNCCCC(C)N1CC2CCCC2C1. The second-order valence-electron chi connectivity index (χ2n) is 6.15. The maximum absolute atomic E-state index is 3.50. The van der Waals surface area contributed by atoms with Crippen molar-refractivity contribution in [3.05, 3.63) is 0 Å². The Balaban J connectivity index is 1.59. The Hall–Kier alpha value is -0.0800. The molecule has 2 aliphatic rings. The smallest absolute Gasteiger partial charge is 0.00676 e. The number of nitrogens with zero attached hydrogens (tertiary/aromatic N) is 1. The Morgan fingerprint density at radius 2 is 1.88 bits per heavy atom. The van der Waals surface area contributed by atoms with Crippen LogP contribution in [0.3, 0.4) is 0 Å². The lowest BCUT2D eigenvalue weighted by molar-refractivity contribution is 0.225. The largest absolute Gasteiger partial charge is 0.317 e. The average molecular weight is 238 g/mol. The molecule has 3 atom stereocenters. The lowest BCUT2D eigenvalue weighted by Gasteiger charge is -2.25. The fourth-order valence-corrected chi connectivity index (χ4v) is 3.64. The van der Waals surface area contributed by atoms with Crippen LogP contribution in [-0.2, 0) is 0 Å². The summed E-state index contributed by atoms with van der Waals surface area (Å²) in [5, 5.41) is 3.50. The normalized spacial score (nSPS) is 30.7. The zero-order valence-corrected chi connectivity index (χ0v) is 11.8. The molecule has 2 heteroatoms. The standard InChI is InChI=1S/C15H30N2/c1-3-9-16-10-5-6-13(2)17-11-14-7-4-8-15(14)12-17/h13-16H,3-12H2,1-2H3. The van der Waals surface area contributed by atoms with Gasteiger partial charge in [0.05, 0.1) is 0 Å². The van der Waals surface area contributed by atoms with Gasteiger partial charge in [0, 0.05) is 19.1 Å². The van der Waals surface area contributed by atoms with E-state index in [1.54, 1.807) is 0 Å². The van der Waals surface area contributed by atoms with Crippen LogP contribution < -0.4 is 5.32 Å². The molecule has 0 aromatic carbocycles.